The van der Waals surface area contributed by atoms with Crippen molar-refractivity contribution >= 4 is 22.7 Å². The summed E-state index contributed by atoms with van der Waals surface area (Å²) in [6.07, 6.45) is 0.711. The first-order valence-corrected chi connectivity index (χ1v) is 11.0. The molecule has 1 atom stereocenters. The molecule has 0 radical (unpaired) electrons. The number of fused-ring (bicyclic) bond motifs is 3. The monoisotopic (exact) mass is 432 g/mol. The Bertz CT molecular complexity index is 1510. The normalized spacial score (nSPS) is 19.3. The molecule has 158 valence electrons. The molecule has 3 heterocycles. The highest BCUT2D eigenvalue weighted by atomic mass is 16.8. The molecule has 4 aromatic rings. The molecule has 1 spiro atoms. The molecule has 33 heavy (non-hydrogen) atoms. The van der Waals surface area contributed by atoms with Crippen LogP contribution < -0.4 is 9.47 Å². The van der Waals surface area contributed by atoms with Crippen molar-refractivity contribution in [3.05, 3.63) is 108 Å². The molecule has 3 aliphatic heterocycles. The number of ether oxygens (including phenoxy) is 2. The van der Waals surface area contributed by atoms with Crippen LogP contribution in [-0.2, 0) is 6.42 Å². The fraction of sp³-hybridized carbons (Fsp3) is 0.111. The molecule has 7 rings (SSSR count). The Labute approximate surface area is 190 Å². The maximum absolute atomic E-state index is 6.82. The number of nitrogens with zero attached hydrogens (tertiary/aromatic N) is 4. The van der Waals surface area contributed by atoms with Gasteiger partial charge in [-0.25, -0.2) is 0 Å². The summed E-state index contributed by atoms with van der Waals surface area (Å²) < 4.78 is 17.3. The molecule has 2 bridgehead atoms. The highest BCUT2D eigenvalue weighted by molar-refractivity contribution is 5.60. The maximum Gasteiger partial charge on any atom is 0.762 e. The Morgan fingerprint density at radius 3 is 2.21 bits per heavy atom. The Kier molecular flexibility index (Phi) is 3.65. The number of aryl methyl sites for hydroxylation is 1. The van der Waals surface area contributed by atoms with E-state index in [1.54, 1.807) is 4.70 Å². The number of hydrogen-bond donors (Lipinski definition) is 0. The minimum atomic E-state index is -1.46. The van der Waals surface area contributed by atoms with Crippen molar-refractivity contribution in [2.45, 2.75) is 19.4 Å². The van der Waals surface area contributed by atoms with E-state index in [0.29, 0.717) is 12.2 Å². The minimum Gasteiger partial charge on any atom is -0.334 e. The number of azo groups is 4. The van der Waals surface area contributed by atoms with Crippen LogP contribution >= 0.6 is 0 Å². The zero-order chi connectivity index (χ0) is 22.0. The summed E-state index contributed by atoms with van der Waals surface area (Å²) in [6.45, 7) is 2.02. The molecule has 0 saturated carbocycles. The smallest absolute Gasteiger partial charge is 0.334 e. The van der Waals surface area contributed by atoms with Gasteiger partial charge in [0.05, 0.1) is 9.39 Å². The van der Waals surface area contributed by atoms with Crippen LogP contribution in [-0.4, -0.2) is 15.4 Å². The highest BCUT2D eigenvalue weighted by Crippen LogP contribution is 2.51. The van der Waals surface area contributed by atoms with Crippen molar-refractivity contribution < 1.29 is 18.9 Å². The van der Waals surface area contributed by atoms with Crippen molar-refractivity contribution in [1.82, 2.24) is 0 Å². The summed E-state index contributed by atoms with van der Waals surface area (Å²) in [5.41, 5.74) is 6.46. The third kappa shape index (κ3) is 2.55. The first-order chi connectivity index (χ1) is 16.2. The van der Waals surface area contributed by atoms with Crippen molar-refractivity contribution in [3.63, 3.8) is 0 Å². The van der Waals surface area contributed by atoms with Gasteiger partial charge in [0.15, 0.2) is 22.9 Å². The molecule has 0 aliphatic carbocycles. The Hall–Kier alpha value is -4.32. The molecule has 0 N–H and O–H groups in total. The predicted molar refractivity (Wildman–Crippen MR) is 121 cm³/mol. The Balaban J connectivity index is 1.63. The van der Waals surface area contributed by atoms with Crippen molar-refractivity contribution in [3.8, 4) is 11.5 Å². The summed E-state index contributed by atoms with van der Waals surface area (Å²) in [7, 11) is 0. The topological polar surface area (TPSA) is 49.2 Å². The summed E-state index contributed by atoms with van der Waals surface area (Å²) in [5.74, 6) is 1.40. The van der Waals surface area contributed by atoms with Crippen LogP contribution in [0.25, 0.3) is 0 Å². The van der Waals surface area contributed by atoms with Crippen LogP contribution in [0.4, 0.5) is 22.7 Å². The van der Waals surface area contributed by atoms with Crippen LogP contribution in [0, 0.1) is 6.92 Å². The summed E-state index contributed by atoms with van der Waals surface area (Å²) >= 11 is 0. The SMILES string of the molecule is Cc1cccc2c1OC13Oc4c(cccc4N=[N+]1c1ccccc1)Cc1ccccc1[N+]3=N2. The van der Waals surface area contributed by atoms with E-state index in [4.69, 9.17) is 19.7 Å². The molecule has 0 saturated heterocycles. The van der Waals surface area contributed by atoms with E-state index in [9.17, 15) is 0 Å². The van der Waals surface area contributed by atoms with Gasteiger partial charge in [-0.2, -0.15) is 0 Å². The second kappa shape index (κ2) is 6.59. The minimum absolute atomic E-state index is 0.684. The molecule has 0 fully saturated rings. The highest BCUT2D eigenvalue weighted by Gasteiger charge is 2.71. The first-order valence-electron chi connectivity index (χ1n) is 11.0. The van der Waals surface area contributed by atoms with E-state index in [0.717, 1.165) is 45.2 Å². The largest absolute Gasteiger partial charge is 0.762 e. The van der Waals surface area contributed by atoms with Crippen molar-refractivity contribution in [2.24, 2.45) is 10.2 Å². The molecular weight excluding hydrogens is 412 g/mol. The molecule has 4 aromatic carbocycles. The van der Waals surface area contributed by atoms with Gasteiger partial charge in [-0.15, -0.1) is 0 Å². The van der Waals surface area contributed by atoms with E-state index in [2.05, 4.69) is 24.3 Å². The van der Waals surface area contributed by atoms with Gasteiger partial charge in [-0.3, -0.25) is 0 Å². The lowest BCUT2D eigenvalue weighted by Gasteiger charge is -2.30. The average molecular weight is 432 g/mol. The molecular formula is C27H20N4O2+2. The van der Waals surface area contributed by atoms with Gasteiger partial charge < -0.3 is 9.47 Å². The van der Waals surface area contributed by atoms with Crippen molar-refractivity contribution in [1.29, 1.82) is 0 Å². The quantitative estimate of drug-likeness (QED) is 0.309. The molecule has 6 heteroatoms. The predicted octanol–water partition coefficient (Wildman–Crippen LogP) is 6.85. The third-order valence-corrected chi connectivity index (χ3v) is 6.29. The standard InChI is InChI=1S/C27H20N4O2/c1-18-9-7-14-22-25(18)32-27-30(21-12-3-2-4-13-21)28-23-15-8-11-20(26(23)33-27)17-19-10-5-6-16-24(19)31(27)29-22/h2-16H,17H2,1H3/q+2. The Morgan fingerprint density at radius 2 is 1.33 bits per heavy atom. The van der Waals surface area contributed by atoms with Crippen molar-refractivity contribution in [2.75, 3.05) is 0 Å². The molecule has 0 amide bonds. The van der Waals surface area contributed by atoms with Crippen LogP contribution in [0.2, 0.25) is 0 Å². The summed E-state index contributed by atoms with van der Waals surface area (Å²) in [5, 5.41) is 10.1. The number of benzene rings is 4. The zero-order valence-electron chi connectivity index (χ0n) is 18.0. The summed E-state index contributed by atoms with van der Waals surface area (Å²) in [6, 6.07) is 28.8. The van der Waals surface area contributed by atoms with Crippen LogP contribution in [0.3, 0.4) is 0 Å². The molecule has 6 nitrogen and oxygen atoms in total. The van der Waals surface area contributed by atoms with Crippen LogP contribution in [0.15, 0.2) is 101 Å². The fourth-order valence-electron chi connectivity index (χ4n) is 4.72. The van der Waals surface area contributed by atoms with E-state index in [-0.39, 0.29) is 0 Å². The third-order valence-electron chi connectivity index (χ3n) is 6.29. The van der Waals surface area contributed by atoms with Gasteiger partial charge in [0.2, 0.25) is 5.69 Å². The number of para-hydroxylation sites is 4. The van der Waals surface area contributed by atoms with E-state index in [1.165, 1.54) is 0 Å². The Morgan fingerprint density at radius 1 is 0.667 bits per heavy atom. The lowest BCUT2D eigenvalue weighted by atomic mass is 10.00. The second-order valence-corrected chi connectivity index (χ2v) is 8.41. The molecule has 1 unspecified atom stereocenters. The zero-order valence-corrected chi connectivity index (χ0v) is 18.0. The van der Waals surface area contributed by atoms with Gasteiger partial charge in [-0.05, 0) is 24.6 Å². The molecule has 3 aliphatic rings. The van der Waals surface area contributed by atoms with Crippen LogP contribution in [0.5, 0.6) is 11.5 Å². The average Bonchev–Trinajstić information content (AvgIpc) is 2.84. The van der Waals surface area contributed by atoms with E-state index < -0.39 is 6.03 Å². The van der Waals surface area contributed by atoms with Gasteiger partial charge in [-0.1, -0.05) is 60.7 Å². The van der Waals surface area contributed by atoms with Gasteiger partial charge >= 0.3 is 6.03 Å². The lowest BCUT2D eigenvalue weighted by molar-refractivity contribution is -0.903. The van der Waals surface area contributed by atoms with Gasteiger partial charge in [0.25, 0.3) is 5.69 Å². The summed E-state index contributed by atoms with van der Waals surface area (Å²) in [4.78, 5) is 0. The number of hydrogen-bond acceptors (Lipinski definition) is 4. The number of rotatable bonds is 1. The van der Waals surface area contributed by atoms with Crippen LogP contribution in [0.1, 0.15) is 16.7 Å². The van der Waals surface area contributed by atoms with Gasteiger partial charge in [0, 0.05) is 46.0 Å². The second-order valence-electron chi connectivity index (χ2n) is 8.41. The van der Waals surface area contributed by atoms with E-state index in [1.807, 2.05) is 78.4 Å². The first kappa shape index (κ1) is 18.3. The van der Waals surface area contributed by atoms with E-state index >= 15 is 0 Å². The lowest BCUT2D eigenvalue weighted by Crippen LogP contribution is -2.60. The molecule has 0 aromatic heterocycles. The maximum atomic E-state index is 6.82. The fourth-order valence-corrected chi connectivity index (χ4v) is 4.72. The van der Waals surface area contributed by atoms with Gasteiger partial charge in [0.1, 0.15) is 0 Å².